The Labute approximate surface area is 185 Å². The van der Waals surface area contributed by atoms with Gasteiger partial charge in [-0.15, -0.1) is 0 Å². The van der Waals surface area contributed by atoms with Crippen molar-refractivity contribution in [2.75, 3.05) is 5.32 Å². The minimum Gasteiger partial charge on any atom is -0.382 e. The first-order valence-corrected chi connectivity index (χ1v) is 10.6. The third-order valence-corrected chi connectivity index (χ3v) is 5.63. The standard InChI is InChI=1S/C22H25ClN6O2/c1-5-28-12-18(13(2)25-28)19-10-20(31-27-19)22(30)24-21-14(3)26-29(15(21)4)11-16-7-6-8-17(23)9-16/h6-9,12,20H,5,10-11H2,1-4H3,(H,24,30). The minimum absolute atomic E-state index is 0.243. The summed E-state index contributed by atoms with van der Waals surface area (Å²) >= 11 is 6.09. The number of oxime groups is 1. The quantitative estimate of drug-likeness (QED) is 0.630. The highest BCUT2D eigenvalue weighted by Gasteiger charge is 2.31. The number of aryl methyl sites for hydroxylation is 3. The van der Waals surface area contributed by atoms with Crippen LogP contribution in [-0.4, -0.2) is 37.3 Å². The SMILES string of the molecule is CCn1cc(C2=NOC(C(=O)Nc3c(C)nn(Cc4cccc(Cl)c4)c3C)C2)c(C)n1. The third-order valence-electron chi connectivity index (χ3n) is 5.39. The molecule has 1 aliphatic rings. The highest BCUT2D eigenvalue weighted by Crippen LogP contribution is 2.24. The number of benzene rings is 1. The maximum Gasteiger partial charge on any atom is 0.268 e. The van der Waals surface area contributed by atoms with E-state index in [1.807, 2.05) is 67.5 Å². The predicted molar refractivity (Wildman–Crippen MR) is 120 cm³/mol. The molecule has 2 aromatic heterocycles. The van der Waals surface area contributed by atoms with Crippen LogP contribution in [0.3, 0.4) is 0 Å². The molecular formula is C22H25ClN6O2. The monoisotopic (exact) mass is 440 g/mol. The fourth-order valence-electron chi connectivity index (χ4n) is 3.68. The molecule has 0 bridgehead atoms. The summed E-state index contributed by atoms with van der Waals surface area (Å²) in [4.78, 5) is 18.3. The van der Waals surface area contributed by atoms with Gasteiger partial charge < -0.3 is 10.2 Å². The number of rotatable bonds is 6. The molecule has 162 valence electrons. The zero-order chi connectivity index (χ0) is 22.1. The summed E-state index contributed by atoms with van der Waals surface area (Å²) in [6.45, 7) is 9.10. The Morgan fingerprint density at radius 3 is 2.77 bits per heavy atom. The van der Waals surface area contributed by atoms with Crippen LogP contribution in [0.2, 0.25) is 5.02 Å². The Bertz CT molecular complexity index is 1160. The van der Waals surface area contributed by atoms with Crippen molar-refractivity contribution in [3.63, 3.8) is 0 Å². The van der Waals surface area contributed by atoms with Crippen molar-refractivity contribution < 1.29 is 9.63 Å². The van der Waals surface area contributed by atoms with E-state index in [1.165, 1.54) is 0 Å². The number of nitrogens with one attached hydrogen (secondary N) is 1. The second-order valence-corrected chi connectivity index (χ2v) is 8.08. The van der Waals surface area contributed by atoms with Crippen LogP contribution in [0.15, 0.2) is 35.6 Å². The number of amides is 1. The fraction of sp³-hybridized carbons (Fsp3) is 0.364. The molecule has 9 heteroatoms. The van der Waals surface area contributed by atoms with Crippen LogP contribution < -0.4 is 5.32 Å². The Balaban J connectivity index is 1.44. The van der Waals surface area contributed by atoms with E-state index in [0.29, 0.717) is 23.7 Å². The Hall–Kier alpha value is -3.13. The molecule has 3 heterocycles. The molecule has 1 atom stereocenters. The number of hydrogen-bond donors (Lipinski definition) is 1. The van der Waals surface area contributed by atoms with Crippen molar-refractivity contribution in [3.8, 4) is 0 Å². The van der Waals surface area contributed by atoms with Gasteiger partial charge in [0.05, 0.1) is 35.0 Å². The molecule has 8 nitrogen and oxygen atoms in total. The second kappa shape index (κ2) is 8.55. The van der Waals surface area contributed by atoms with E-state index < -0.39 is 6.10 Å². The number of aromatic nitrogens is 4. The lowest BCUT2D eigenvalue weighted by Gasteiger charge is -2.10. The van der Waals surface area contributed by atoms with E-state index >= 15 is 0 Å². The lowest BCUT2D eigenvalue weighted by atomic mass is 10.1. The number of hydrogen-bond acceptors (Lipinski definition) is 5. The molecule has 1 amide bonds. The van der Waals surface area contributed by atoms with Gasteiger partial charge in [0.25, 0.3) is 5.91 Å². The summed E-state index contributed by atoms with van der Waals surface area (Å²) in [5, 5.41) is 16.8. The van der Waals surface area contributed by atoms with Crippen molar-refractivity contribution in [1.82, 2.24) is 19.6 Å². The van der Waals surface area contributed by atoms with Crippen LogP contribution in [0.25, 0.3) is 0 Å². The summed E-state index contributed by atoms with van der Waals surface area (Å²) in [5.74, 6) is -0.243. The second-order valence-electron chi connectivity index (χ2n) is 7.64. The minimum atomic E-state index is -0.686. The third kappa shape index (κ3) is 4.34. The zero-order valence-electron chi connectivity index (χ0n) is 18.0. The number of nitrogens with zero attached hydrogens (tertiary/aromatic N) is 5. The smallest absolute Gasteiger partial charge is 0.268 e. The predicted octanol–water partition coefficient (Wildman–Crippen LogP) is 3.86. The van der Waals surface area contributed by atoms with E-state index in [2.05, 4.69) is 20.7 Å². The molecule has 0 aliphatic carbocycles. The Morgan fingerprint density at radius 1 is 1.26 bits per heavy atom. The van der Waals surface area contributed by atoms with E-state index in [-0.39, 0.29) is 5.91 Å². The summed E-state index contributed by atoms with van der Waals surface area (Å²) in [7, 11) is 0. The van der Waals surface area contributed by atoms with Crippen molar-refractivity contribution >= 4 is 28.9 Å². The number of anilines is 1. The van der Waals surface area contributed by atoms with Gasteiger partial charge in [0.1, 0.15) is 0 Å². The first-order chi connectivity index (χ1) is 14.9. The van der Waals surface area contributed by atoms with Crippen LogP contribution in [0.4, 0.5) is 5.69 Å². The number of carbonyl (C=O) groups is 1. The zero-order valence-corrected chi connectivity index (χ0v) is 18.8. The summed E-state index contributed by atoms with van der Waals surface area (Å²) in [6, 6.07) is 7.65. The molecule has 3 aromatic rings. The molecule has 1 N–H and O–H groups in total. The number of halogens is 1. The molecule has 31 heavy (non-hydrogen) atoms. The van der Waals surface area contributed by atoms with Crippen molar-refractivity contribution in [3.05, 3.63) is 63.7 Å². The molecule has 0 saturated carbocycles. The maximum absolute atomic E-state index is 12.9. The number of carbonyl (C=O) groups excluding carboxylic acids is 1. The fourth-order valence-corrected chi connectivity index (χ4v) is 3.90. The van der Waals surface area contributed by atoms with E-state index in [1.54, 1.807) is 0 Å². The topological polar surface area (TPSA) is 86.3 Å². The summed E-state index contributed by atoms with van der Waals surface area (Å²) in [5.41, 5.74) is 5.87. The molecule has 0 saturated heterocycles. The lowest BCUT2D eigenvalue weighted by molar-refractivity contribution is -0.125. The van der Waals surface area contributed by atoms with Gasteiger partial charge in [-0.05, 0) is 45.4 Å². The molecule has 1 aliphatic heterocycles. The normalized spacial score (nSPS) is 15.6. The van der Waals surface area contributed by atoms with Gasteiger partial charge in [0.2, 0.25) is 6.10 Å². The van der Waals surface area contributed by atoms with Crippen molar-refractivity contribution in [2.45, 2.75) is 53.3 Å². The highest BCUT2D eigenvalue weighted by molar-refractivity contribution is 6.30. The molecule has 4 rings (SSSR count). The van der Waals surface area contributed by atoms with E-state index in [9.17, 15) is 4.79 Å². The van der Waals surface area contributed by atoms with Gasteiger partial charge in [-0.2, -0.15) is 10.2 Å². The Kier molecular flexibility index (Phi) is 5.82. The average Bonchev–Trinajstić information content (AvgIpc) is 3.42. The largest absolute Gasteiger partial charge is 0.382 e. The molecule has 0 spiro atoms. The van der Waals surface area contributed by atoms with Crippen molar-refractivity contribution in [2.24, 2.45) is 5.16 Å². The molecule has 1 unspecified atom stereocenters. The summed E-state index contributed by atoms with van der Waals surface area (Å²) in [6.07, 6.45) is 1.65. The van der Waals surface area contributed by atoms with Crippen LogP contribution in [0.5, 0.6) is 0 Å². The highest BCUT2D eigenvalue weighted by atomic mass is 35.5. The first-order valence-electron chi connectivity index (χ1n) is 10.2. The van der Waals surface area contributed by atoms with Crippen molar-refractivity contribution in [1.29, 1.82) is 0 Å². The average molecular weight is 441 g/mol. The molecule has 0 fully saturated rings. The Morgan fingerprint density at radius 2 is 2.06 bits per heavy atom. The maximum atomic E-state index is 12.9. The van der Waals surface area contributed by atoms with Gasteiger partial charge in [0.15, 0.2) is 0 Å². The molecular weight excluding hydrogens is 416 g/mol. The van der Waals surface area contributed by atoms with E-state index in [4.69, 9.17) is 16.4 Å². The lowest BCUT2D eigenvalue weighted by Crippen LogP contribution is -2.28. The van der Waals surface area contributed by atoms with Gasteiger partial charge in [-0.25, -0.2) is 0 Å². The molecule has 0 radical (unpaired) electrons. The molecule has 1 aromatic carbocycles. The van der Waals surface area contributed by atoms with Crippen LogP contribution >= 0.6 is 11.6 Å². The van der Waals surface area contributed by atoms with E-state index in [0.717, 1.165) is 40.5 Å². The van der Waals surface area contributed by atoms with Crippen LogP contribution in [0.1, 0.15) is 41.6 Å². The summed E-state index contributed by atoms with van der Waals surface area (Å²) < 4.78 is 3.71. The van der Waals surface area contributed by atoms with Crippen LogP contribution in [0, 0.1) is 20.8 Å². The van der Waals surface area contributed by atoms with Crippen LogP contribution in [-0.2, 0) is 22.7 Å². The van der Waals surface area contributed by atoms with Gasteiger partial charge >= 0.3 is 0 Å². The van der Waals surface area contributed by atoms with Gasteiger partial charge in [0, 0.05) is 29.7 Å². The van der Waals surface area contributed by atoms with Gasteiger partial charge in [-0.3, -0.25) is 14.2 Å². The van der Waals surface area contributed by atoms with Gasteiger partial charge in [-0.1, -0.05) is 28.9 Å². The first kappa shape index (κ1) is 21.1.